The molecule has 0 spiro atoms. The van der Waals surface area contributed by atoms with Crippen molar-refractivity contribution in [3.8, 4) is 0 Å². The summed E-state index contributed by atoms with van der Waals surface area (Å²) in [5, 5.41) is 4.30. The molecule has 0 bridgehead atoms. The molecular weight excluding hydrogens is 226 g/mol. The van der Waals surface area contributed by atoms with Crippen LogP contribution in [-0.4, -0.2) is 19.3 Å². The lowest BCUT2D eigenvalue weighted by molar-refractivity contribution is 0.0665. The van der Waals surface area contributed by atoms with Crippen molar-refractivity contribution >= 4 is 0 Å². The van der Waals surface area contributed by atoms with E-state index >= 15 is 0 Å². The van der Waals surface area contributed by atoms with Crippen LogP contribution in [0.4, 0.5) is 8.78 Å². The summed E-state index contributed by atoms with van der Waals surface area (Å²) in [5.74, 6) is 0.629. The van der Waals surface area contributed by atoms with Gasteiger partial charge in [0.25, 0.3) is 0 Å². The maximum Gasteiger partial charge on any atom is 0.319 e. The molecule has 0 aliphatic carbocycles. The quantitative estimate of drug-likeness (QED) is 0.823. The molecule has 0 aliphatic rings. The van der Waals surface area contributed by atoms with Gasteiger partial charge in [-0.2, -0.15) is 13.9 Å². The predicted molar refractivity (Wildman–Crippen MR) is 58.9 cm³/mol. The van der Waals surface area contributed by atoms with Crippen LogP contribution in [-0.2, 0) is 6.54 Å². The van der Waals surface area contributed by atoms with Gasteiger partial charge in [0.2, 0.25) is 0 Å². The number of aromatic nitrogens is 4. The van der Waals surface area contributed by atoms with Crippen molar-refractivity contribution in [2.75, 3.05) is 0 Å². The largest absolute Gasteiger partial charge is 0.319 e. The molecule has 2 rings (SSSR count). The second-order valence-electron chi connectivity index (χ2n) is 4.12. The lowest BCUT2D eigenvalue weighted by atomic mass is 10.1. The van der Waals surface area contributed by atoms with Gasteiger partial charge in [0.1, 0.15) is 5.82 Å². The van der Waals surface area contributed by atoms with Crippen LogP contribution in [0.5, 0.6) is 0 Å². The topological polar surface area (TPSA) is 35.6 Å². The molecule has 4 nitrogen and oxygen atoms in total. The smallest absolute Gasteiger partial charge is 0.276 e. The molecule has 0 unspecified atom stereocenters. The average Bonchev–Trinajstić information content (AvgIpc) is 2.86. The predicted octanol–water partition coefficient (Wildman–Crippen LogP) is 2.65. The molecule has 0 saturated heterocycles. The number of imidazole rings is 1. The fourth-order valence-corrected chi connectivity index (χ4v) is 1.56. The first-order chi connectivity index (χ1) is 8.08. The van der Waals surface area contributed by atoms with Gasteiger partial charge in [0.05, 0.1) is 12.2 Å². The zero-order valence-corrected chi connectivity index (χ0v) is 9.72. The molecule has 0 saturated carbocycles. The Balaban J connectivity index is 2.17. The normalized spacial score (nSPS) is 11.6. The van der Waals surface area contributed by atoms with E-state index in [0.29, 0.717) is 11.7 Å². The molecule has 0 fully saturated rings. The lowest BCUT2D eigenvalue weighted by Gasteiger charge is -2.06. The molecular formula is C11H14F2N4. The SMILES string of the molecule is CC(C)c1ccn(Cc2nccn2C(F)F)n1. The summed E-state index contributed by atoms with van der Waals surface area (Å²) in [4.78, 5) is 3.91. The van der Waals surface area contributed by atoms with Gasteiger partial charge in [-0.1, -0.05) is 13.8 Å². The number of halogens is 2. The van der Waals surface area contributed by atoms with E-state index in [4.69, 9.17) is 0 Å². The van der Waals surface area contributed by atoms with Crippen molar-refractivity contribution in [3.05, 3.63) is 36.2 Å². The summed E-state index contributed by atoms with van der Waals surface area (Å²) in [7, 11) is 0. The van der Waals surface area contributed by atoms with Gasteiger partial charge in [0, 0.05) is 18.6 Å². The monoisotopic (exact) mass is 240 g/mol. The second-order valence-corrected chi connectivity index (χ2v) is 4.12. The number of alkyl halides is 2. The minimum atomic E-state index is -2.56. The molecule has 0 radical (unpaired) electrons. The fourth-order valence-electron chi connectivity index (χ4n) is 1.56. The Hall–Kier alpha value is -1.72. The number of rotatable bonds is 4. The summed E-state index contributed by atoms with van der Waals surface area (Å²) in [5.41, 5.74) is 0.945. The molecule has 2 heterocycles. The Kier molecular flexibility index (Phi) is 3.21. The van der Waals surface area contributed by atoms with Crippen LogP contribution in [0.1, 0.15) is 37.8 Å². The van der Waals surface area contributed by atoms with Crippen molar-refractivity contribution in [2.45, 2.75) is 32.9 Å². The Morgan fingerprint density at radius 3 is 2.65 bits per heavy atom. The van der Waals surface area contributed by atoms with Crippen LogP contribution in [0, 0.1) is 0 Å². The second kappa shape index (κ2) is 4.65. The van der Waals surface area contributed by atoms with Crippen LogP contribution in [0.15, 0.2) is 24.7 Å². The summed E-state index contributed by atoms with van der Waals surface area (Å²) in [6, 6.07) is 1.89. The first-order valence-corrected chi connectivity index (χ1v) is 5.41. The highest BCUT2D eigenvalue weighted by Gasteiger charge is 2.12. The highest BCUT2D eigenvalue weighted by atomic mass is 19.3. The van der Waals surface area contributed by atoms with Crippen LogP contribution in [0.3, 0.4) is 0 Å². The molecule has 2 aromatic heterocycles. The van der Waals surface area contributed by atoms with Crippen LogP contribution in [0.2, 0.25) is 0 Å². The van der Waals surface area contributed by atoms with E-state index in [9.17, 15) is 8.78 Å². The Bertz CT molecular complexity index is 487. The molecule has 2 aromatic rings. The molecule has 0 N–H and O–H groups in total. The average molecular weight is 240 g/mol. The summed E-state index contributed by atoms with van der Waals surface area (Å²) in [6.45, 7) is 1.76. The van der Waals surface area contributed by atoms with Gasteiger partial charge in [-0.15, -0.1) is 0 Å². The fraction of sp³-hybridized carbons (Fsp3) is 0.455. The number of nitrogens with zero attached hydrogens (tertiary/aromatic N) is 4. The molecule has 0 atom stereocenters. The first-order valence-electron chi connectivity index (χ1n) is 5.41. The van der Waals surface area contributed by atoms with E-state index in [2.05, 4.69) is 10.1 Å². The first kappa shape index (κ1) is 11.8. The zero-order valence-electron chi connectivity index (χ0n) is 9.72. The Morgan fingerprint density at radius 1 is 1.29 bits per heavy atom. The van der Waals surface area contributed by atoms with Crippen LogP contribution in [0.25, 0.3) is 0 Å². The molecule has 0 aromatic carbocycles. The maximum atomic E-state index is 12.6. The van der Waals surface area contributed by atoms with Gasteiger partial charge >= 0.3 is 6.55 Å². The van der Waals surface area contributed by atoms with Crippen molar-refractivity contribution in [3.63, 3.8) is 0 Å². The van der Waals surface area contributed by atoms with Gasteiger partial charge in [-0.05, 0) is 12.0 Å². The van der Waals surface area contributed by atoms with Gasteiger partial charge < -0.3 is 0 Å². The van der Waals surface area contributed by atoms with Gasteiger partial charge in [0.15, 0.2) is 0 Å². The van der Waals surface area contributed by atoms with Crippen molar-refractivity contribution < 1.29 is 8.78 Å². The number of hydrogen-bond donors (Lipinski definition) is 0. The van der Waals surface area contributed by atoms with E-state index in [0.717, 1.165) is 10.3 Å². The lowest BCUT2D eigenvalue weighted by Crippen LogP contribution is -2.09. The minimum absolute atomic E-state index is 0.254. The van der Waals surface area contributed by atoms with E-state index in [1.807, 2.05) is 19.9 Å². The van der Waals surface area contributed by atoms with E-state index in [1.54, 1.807) is 10.9 Å². The Morgan fingerprint density at radius 2 is 2.06 bits per heavy atom. The molecule has 6 heteroatoms. The zero-order chi connectivity index (χ0) is 12.4. The van der Waals surface area contributed by atoms with Crippen LogP contribution < -0.4 is 0 Å². The van der Waals surface area contributed by atoms with Gasteiger partial charge in [-0.25, -0.2) is 4.98 Å². The third-order valence-corrected chi connectivity index (χ3v) is 2.52. The van der Waals surface area contributed by atoms with E-state index in [-0.39, 0.29) is 6.54 Å². The van der Waals surface area contributed by atoms with Gasteiger partial charge in [-0.3, -0.25) is 9.25 Å². The standard InChI is InChI=1S/C11H14F2N4/c1-8(2)9-3-5-16(15-9)7-10-14-4-6-17(10)11(12)13/h3-6,8,11H,7H2,1-2H3. The third-order valence-electron chi connectivity index (χ3n) is 2.52. The molecule has 0 amide bonds. The van der Waals surface area contributed by atoms with Crippen LogP contribution >= 0.6 is 0 Å². The third kappa shape index (κ3) is 2.51. The van der Waals surface area contributed by atoms with E-state index in [1.165, 1.54) is 12.4 Å². The van der Waals surface area contributed by atoms with Crippen molar-refractivity contribution in [1.82, 2.24) is 19.3 Å². The highest BCUT2D eigenvalue weighted by molar-refractivity contribution is 5.05. The highest BCUT2D eigenvalue weighted by Crippen LogP contribution is 2.14. The Labute approximate surface area is 97.9 Å². The minimum Gasteiger partial charge on any atom is -0.276 e. The number of hydrogen-bond acceptors (Lipinski definition) is 2. The van der Waals surface area contributed by atoms with Crippen molar-refractivity contribution in [2.24, 2.45) is 0 Å². The molecule has 0 aliphatic heterocycles. The maximum absolute atomic E-state index is 12.6. The summed E-state index contributed by atoms with van der Waals surface area (Å²) in [6.07, 6.45) is 4.42. The summed E-state index contributed by atoms with van der Waals surface area (Å²) < 4.78 is 27.6. The molecule has 17 heavy (non-hydrogen) atoms. The van der Waals surface area contributed by atoms with Crippen molar-refractivity contribution in [1.29, 1.82) is 0 Å². The summed E-state index contributed by atoms with van der Waals surface area (Å²) >= 11 is 0. The van der Waals surface area contributed by atoms with E-state index < -0.39 is 6.55 Å². The molecule has 92 valence electrons.